The predicted molar refractivity (Wildman–Crippen MR) is 96.2 cm³/mol. The van der Waals surface area contributed by atoms with E-state index in [-0.39, 0.29) is 35.5 Å². The average Bonchev–Trinajstić information content (AvgIpc) is 3.18. The standard InChI is InChI=1S/C16H18N2O5S2/c1-2-3-15(19)17-16-18(11-7-25(20,21)8-14(11)24-16)10-4-5-12-13(6-10)23-9-22-12/h4-6,11,14H,2-3,7-9H2,1H3/t11-,14+/m0/s1. The van der Waals surface area contributed by atoms with E-state index in [9.17, 15) is 13.2 Å². The van der Waals surface area contributed by atoms with Crippen molar-refractivity contribution in [2.75, 3.05) is 23.2 Å². The Bertz CT molecular complexity index is 852. The second kappa shape index (κ2) is 6.21. The molecule has 1 aromatic rings. The molecule has 0 unspecified atom stereocenters. The van der Waals surface area contributed by atoms with Crippen molar-refractivity contribution in [1.82, 2.24) is 0 Å². The number of nitrogens with zero attached hydrogens (tertiary/aromatic N) is 2. The number of amides is 1. The number of carbonyl (C=O) groups excluding carboxylic acids is 1. The molecule has 0 saturated carbocycles. The van der Waals surface area contributed by atoms with Crippen LogP contribution in [0.5, 0.6) is 11.5 Å². The third-order valence-electron chi connectivity index (χ3n) is 4.39. The van der Waals surface area contributed by atoms with E-state index in [1.807, 2.05) is 24.0 Å². The molecule has 0 bridgehead atoms. The number of hydrogen-bond donors (Lipinski definition) is 0. The maximum atomic E-state index is 12.0. The Balaban J connectivity index is 1.72. The minimum absolute atomic E-state index is 0.0695. The molecule has 1 amide bonds. The third kappa shape index (κ3) is 3.10. The quantitative estimate of drug-likeness (QED) is 0.788. The van der Waals surface area contributed by atoms with Gasteiger partial charge in [-0.25, -0.2) is 8.42 Å². The monoisotopic (exact) mass is 382 g/mol. The highest BCUT2D eigenvalue weighted by molar-refractivity contribution is 8.16. The van der Waals surface area contributed by atoms with E-state index in [2.05, 4.69) is 4.99 Å². The van der Waals surface area contributed by atoms with Crippen LogP contribution in [0.25, 0.3) is 0 Å². The summed E-state index contributed by atoms with van der Waals surface area (Å²) in [5.41, 5.74) is 0.768. The lowest BCUT2D eigenvalue weighted by molar-refractivity contribution is -0.117. The van der Waals surface area contributed by atoms with Crippen molar-refractivity contribution in [3.8, 4) is 11.5 Å². The van der Waals surface area contributed by atoms with Crippen LogP contribution in [0.2, 0.25) is 0 Å². The van der Waals surface area contributed by atoms with E-state index >= 15 is 0 Å². The van der Waals surface area contributed by atoms with Crippen LogP contribution in [0.15, 0.2) is 23.2 Å². The van der Waals surface area contributed by atoms with Gasteiger partial charge in [-0.1, -0.05) is 18.7 Å². The van der Waals surface area contributed by atoms with Gasteiger partial charge in [0.1, 0.15) is 0 Å². The molecule has 3 aliphatic heterocycles. The van der Waals surface area contributed by atoms with Crippen molar-refractivity contribution >= 4 is 38.4 Å². The number of aliphatic imine (C=N–C) groups is 1. The van der Waals surface area contributed by atoms with Gasteiger partial charge in [0.15, 0.2) is 26.5 Å². The Hall–Kier alpha value is -1.74. The predicted octanol–water partition coefficient (Wildman–Crippen LogP) is 1.82. The van der Waals surface area contributed by atoms with Crippen molar-refractivity contribution in [3.05, 3.63) is 18.2 Å². The van der Waals surface area contributed by atoms with Gasteiger partial charge in [0.05, 0.1) is 17.5 Å². The number of hydrogen-bond acceptors (Lipinski definition) is 6. The zero-order valence-corrected chi connectivity index (χ0v) is 15.3. The molecule has 3 aliphatic rings. The fourth-order valence-electron chi connectivity index (χ4n) is 3.28. The van der Waals surface area contributed by atoms with Crippen LogP contribution in [-0.4, -0.2) is 49.1 Å². The topological polar surface area (TPSA) is 85.3 Å². The van der Waals surface area contributed by atoms with Gasteiger partial charge in [-0.15, -0.1) is 0 Å². The summed E-state index contributed by atoms with van der Waals surface area (Å²) in [4.78, 5) is 18.1. The fourth-order valence-corrected chi connectivity index (χ4v) is 7.21. The first-order valence-corrected chi connectivity index (χ1v) is 10.8. The maximum Gasteiger partial charge on any atom is 0.248 e. The Labute approximate surface area is 150 Å². The van der Waals surface area contributed by atoms with Gasteiger partial charge in [-0.05, 0) is 18.6 Å². The number of amidine groups is 1. The van der Waals surface area contributed by atoms with Crippen LogP contribution in [0.4, 0.5) is 5.69 Å². The zero-order chi connectivity index (χ0) is 17.6. The molecular formula is C16H18N2O5S2. The van der Waals surface area contributed by atoms with Crippen LogP contribution in [0.3, 0.4) is 0 Å². The normalized spacial score (nSPS) is 27.7. The Morgan fingerprint density at radius 2 is 2.12 bits per heavy atom. The first-order chi connectivity index (χ1) is 12.0. The zero-order valence-electron chi connectivity index (χ0n) is 13.7. The lowest BCUT2D eigenvalue weighted by Gasteiger charge is -2.24. The van der Waals surface area contributed by atoms with E-state index in [4.69, 9.17) is 9.47 Å². The minimum atomic E-state index is -3.08. The molecule has 134 valence electrons. The van der Waals surface area contributed by atoms with Gasteiger partial charge in [0, 0.05) is 23.4 Å². The number of benzene rings is 1. The summed E-state index contributed by atoms with van der Waals surface area (Å²) in [7, 11) is -3.08. The van der Waals surface area contributed by atoms with Gasteiger partial charge in [-0.2, -0.15) is 4.99 Å². The van der Waals surface area contributed by atoms with E-state index in [1.165, 1.54) is 11.8 Å². The Kier molecular flexibility index (Phi) is 4.15. The molecule has 0 aliphatic carbocycles. The molecule has 4 rings (SSSR count). The highest BCUT2D eigenvalue weighted by Gasteiger charge is 2.49. The summed E-state index contributed by atoms with van der Waals surface area (Å²) in [5.74, 6) is 1.28. The smallest absolute Gasteiger partial charge is 0.248 e. The molecule has 25 heavy (non-hydrogen) atoms. The van der Waals surface area contributed by atoms with E-state index in [0.717, 1.165) is 12.1 Å². The number of rotatable bonds is 3. The lowest BCUT2D eigenvalue weighted by atomic mass is 10.2. The third-order valence-corrected chi connectivity index (χ3v) is 7.59. The molecule has 0 radical (unpaired) electrons. The first kappa shape index (κ1) is 16.7. The summed E-state index contributed by atoms with van der Waals surface area (Å²) in [6.07, 6.45) is 1.11. The molecule has 2 saturated heterocycles. The molecule has 2 atom stereocenters. The summed E-state index contributed by atoms with van der Waals surface area (Å²) >= 11 is 1.38. The SMILES string of the molecule is CCCC(=O)N=C1S[C@@H]2CS(=O)(=O)C[C@@H]2N1c1ccc2c(c1)OCO2. The van der Waals surface area contributed by atoms with Crippen molar-refractivity contribution < 1.29 is 22.7 Å². The minimum Gasteiger partial charge on any atom is -0.454 e. The van der Waals surface area contributed by atoms with Crippen LogP contribution in [-0.2, 0) is 14.6 Å². The average molecular weight is 382 g/mol. The Morgan fingerprint density at radius 1 is 1.32 bits per heavy atom. The molecule has 2 fully saturated rings. The van der Waals surface area contributed by atoms with Gasteiger partial charge in [-0.3, -0.25) is 4.79 Å². The molecule has 0 spiro atoms. The number of sulfone groups is 1. The highest BCUT2D eigenvalue weighted by Crippen LogP contribution is 2.43. The van der Waals surface area contributed by atoms with Gasteiger partial charge >= 0.3 is 0 Å². The second-order valence-corrected chi connectivity index (χ2v) is 9.61. The van der Waals surface area contributed by atoms with Crippen LogP contribution < -0.4 is 14.4 Å². The number of thioether (sulfide) groups is 1. The number of anilines is 1. The highest BCUT2D eigenvalue weighted by atomic mass is 32.2. The molecule has 0 N–H and O–H groups in total. The van der Waals surface area contributed by atoms with E-state index < -0.39 is 9.84 Å². The Morgan fingerprint density at radius 3 is 2.92 bits per heavy atom. The number of fused-ring (bicyclic) bond motifs is 2. The van der Waals surface area contributed by atoms with Crippen molar-refractivity contribution in [1.29, 1.82) is 0 Å². The van der Waals surface area contributed by atoms with Crippen molar-refractivity contribution in [3.63, 3.8) is 0 Å². The molecule has 0 aromatic heterocycles. The van der Waals surface area contributed by atoms with Crippen molar-refractivity contribution in [2.24, 2.45) is 4.99 Å². The molecule has 3 heterocycles. The summed E-state index contributed by atoms with van der Waals surface area (Å²) in [6, 6.07) is 5.24. The van der Waals surface area contributed by atoms with E-state index in [0.29, 0.717) is 23.1 Å². The molecule has 1 aromatic carbocycles. The second-order valence-electron chi connectivity index (χ2n) is 6.25. The van der Waals surface area contributed by atoms with Gasteiger partial charge < -0.3 is 14.4 Å². The molecular weight excluding hydrogens is 364 g/mol. The summed E-state index contributed by atoms with van der Waals surface area (Å²) in [5, 5.41) is 0.464. The van der Waals surface area contributed by atoms with Crippen LogP contribution >= 0.6 is 11.8 Å². The molecule has 9 heteroatoms. The lowest BCUT2D eigenvalue weighted by Crippen LogP contribution is -2.37. The van der Waals surface area contributed by atoms with Gasteiger partial charge in [0.2, 0.25) is 12.7 Å². The summed E-state index contributed by atoms with van der Waals surface area (Å²) in [6.45, 7) is 2.10. The van der Waals surface area contributed by atoms with Crippen LogP contribution in [0.1, 0.15) is 19.8 Å². The maximum absolute atomic E-state index is 12.0. The number of carbonyl (C=O) groups is 1. The van der Waals surface area contributed by atoms with Crippen LogP contribution in [0, 0.1) is 0 Å². The van der Waals surface area contributed by atoms with E-state index in [1.54, 1.807) is 6.07 Å². The fraction of sp³-hybridized carbons (Fsp3) is 0.500. The molecule has 7 nitrogen and oxygen atoms in total. The summed E-state index contributed by atoms with van der Waals surface area (Å²) < 4.78 is 34.9. The van der Waals surface area contributed by atoms with Crippen molar-refractivity contribution in [2.45, 2.75) is 31.1 Å². The van der Waals surface area contributed by atoms with Gasteiger partial charge in [0.25, 0.3) is 0 Å². The first-order valence-electron chi connectivity index (χ1n) is 8.14. The number of ether oxygens (including phenoxy) is 2. The largest absolute Gasteiger partial charge is 0.454 e.